The third-order valence-corrected chi connectivity index (χ3v) is 13.8. The maximum absolute atomic E-state index is 14.6. The number of ketones is 1. The van der Waals surface area contributed by atoms with Crippen LogP contribution in [-0.2, 0) is 19.1 Å². The lowest BCUT2D eigenvalue weighted by Gasteiger charge is -2.65. The Morgan fingerprint density at radius 2 is 1.77 bits per heavy atom. The van der Waals surface area contributed by atoms with Crippen molar-refractivity contribution in [1.82, 2.24) is 0 Å². The zero-order chi connectivity index (χ0) is 32.4. The lowest BCUT2D eigenvalue weighted by Crippen LogP contribution is -2.64. The van der Waals surface area contributed by atoms with E-state index in [2.05, 4.69) is 47.6 Å². The van der Waals surface area contributed by atoms with E-state index in [-0.39, 0.29) is 28.8 Å². The molecule has 248 valence electrons. The van der Waals surface area contributed by atoms with E-state index in [1.807, 2.05) is 13.0 Å². The first kappa shape index (κ1) is 33.9. The Labute approximate surface area is 263 Å². The monoisotopic (exact) mass is 616 g/mol. The molecule has 0 unspecified atom stereocenters. The van der Waals surface area contributed by atoms with Crippen LogP contribution in [0.4, 0.5) is 0 Å². The van der Waals surface area contributed by atoms with Crippen molar-refractivity contribution in [2.24, 2.45) is 45.3 Å². The second kappa shape index (κ2) is 12.0. The molecule has 13 atom stereocenters. The molecule has 1 heterocycles. The Balaban J connectivity index is 1.38. The molecule has 0 radical (unpaired) electrons. The van der Waals surface area contributed by atoms with Gasteiger partial charge in [-0.3, -0.25) is 9.59 Å². The van der Waals surface area contributed by atoms with Gasteiger partial charge in [0.1, 0.15) is 36.5 Å². The molecule has 0 amide bonds. The molecule has 5 aliphatic rings. The largest absolute Gasteiger partial charge is 0.394 e. The molecular weight excluding hydrogens is 560 g/mol. The molecule has 0 aromatic rings. The second-order valence-electron chi connectivity index (χ2n) is 16.1. The number of rotatable bonds is 8. The van der Waals surface area contributed by atoms with Gasteiger partial charge in [-0.25, -0.2) is 0 Å². The van der Waals surface area contributed by atoms with Gasteiger partial charge in [-0.05, 0) is 91.9 Å². The van der Waals surface area contributed by atoms with Gasteiger partial charge in [0.15, 0.2) is 6.29 Å². The van der Waals surface area contributed by atoms with Gasteiger partial charge < -0.3 is 29.9 Å². The van der Waals surface area contributed by atoms with Crippen LogP contribution in [0.15, 0.2) is 23.3 Å². The molecule has 0 aromatic heterocycles. The van der Waals surface area contributed by atoms with Crippen molar-refractivity contribution in [3.63, 3.8) is 0 Å². The van der Waals surface area contributed by atoms with E-state index in [0.29, 0.717) is 30.5 Å². The lowest BCUT2D eigenvalue weighted by molar-refractivity contribution is -0.319. The number of hydrogen-bond acceptors (Lipinski definition) is 8. The molecule has 4 aliphatic carbocycles. The normalized spacial score (nSPS) is 47.7. The van der Waals surface area contributed by atoms with Crippen molar-refractivity contribution in [2.75, 3.05) is 6.61 Å². The lowest BCUT2D eigenvalue weighted by atomic mass is 9.38. The predicted molar refractivity (Wildman–Crippen MR) is 166 cm³/mol. The summed E-state index contributed by atoms with van der Waals surface area (Å²) < 4.78 is 12.1. The fourth-order valence-electron chi connectivity index (χ4n) is 10.8. The Morgan fingerprint density at radius 3 is 2.43 bits per heavy atom. The number of fused-ring (bicyclic) bond motifs is 5. The highest BCUT2D eigenvalue weighted by molar-refractivity contribution is 5.88. The number of carbonyl (C=O) groups excluding carboxylic acids is 2. The van der Waals surface area contributed by atoms with Crippen LogP contribution in [0.25, 0.3) is 0 Å². The molecule has 1 saturated heterocycles. The van der Waals surface area contributed by atoms with E-state index in [1.54, 1.807) is 0 Å². The van der Waals surface area contributed by atoms with Gasteiger partial charge >= 0.3 is 0 Å². The van der Waals surface area contributed by atoms with Gasteiger partial charge in [0.25, 0.3) is 0 Å². The van der Waals surface area contributed by atoms with Crippen LogP contribution in [0, 0.1) is 45.3 Å². The van der Waals surface area contributed by atoms with Gasteiger partial charge in [0.2, 0.25) is 0 Å². The van der Waals surface area contributed by atoms with Gasteiger partial charge in [-0.2, -0.15) is 0 Å². The first-order chi connectivity index (χ1) is 20.6. The quantitative estimate of drug-likeness (QED) is 0.178. The molecule has 0 spiro atoms. The van der Waals surface area contributed by atoms with Crippen LogP contribution in [-0.4, -0.2) is 75.9 Å². The van der Waals surface area contributed by atoms with Crippen LogP contribution < -0.4 is 0 Å². The number of aliphatic hydroxyl groups is 4. The molecule has 44 heavy (non-hydrogen) atoms. The fourth-order valence-corrected chi connectivity index (χ4v) is 10.8. The highest BCUT2D eigenvalue weighted by Gasteiger charge is 2.70. The van der Waals surface area contributed by atoms with E-state index in [9.17, 15) is 30.0 Å². The predicted octanol–water partition coefficient (Wildman–Crippen LogP) is 4.52. The molecule has 0 bridgehead atoms. The smallest absolute Gasteiger partial charge is 0.187 e. The highest BCUT2D eigenvalue weighted by atomic mass is 16.7. The highest BCUT2D eigenvalue weighted by Crippen LogP contribution is 2.74. The number of hydrogen-bond donors (Lipinski definition) is 4. The Morgan fingerprint density at radius 1 is 1.07 bits per heavy atom. The summed E-state index contributed by atoms with van der Waals surface area (Å²) in [6, 6.07) is 0. The van der Waals surface area contributed by atoms with Crippen molar-refractivity contribution in [1.29, 1.82) is 0 Å². The van der Waals surface area contributed by atoms with Gasteiger partial charge in [-0.1, -0.05) is 59.3 Å². The summed E-state index contributed by atoms with van der Waals surface area (Å²) in [5.74, 6) is 1.68. The molecule has 1 aliphatic heterocycles. The van der Waals surface area contributed by atoms with Crippen molar-refractivity contribution in [3.05, 3.63) is 23.3 Å². The average Bonchev–Trinajstić information content (AvgIpc) is 3.24. The summed E-state index contributed by atoms with van der Waals surface area (Å²) in [6.45, 7) is 15.1. The summed E-state index contributed by atoms with van der Waals surface area (Å²) in [4.78, 5) is 25.6. The molecule has 4 N–H and O–H groups in total. The third-order valence-electron chi connectivity index (χ3n) is 13.8. The van der Waals surface area contributed by atoms with E-state index >= 15 is 0 Å². The van der Waals surface area contributed by atoms with Crippen molar-refractivity contribution in [3.8, 4) is 0 Å². The number of Topliss-reactive ketones (excluding diaryl/α,β-unsaturated/α-hetero) is 1. The summed E-state index contributed by atoms with van der Waals surface area (Å²) in [5, 5.41) is 40.8. The van der Waals surface area contributed by atoms with Crippen LogP contribution in [0.3, 0.4) is 0 Å². The standard InChI is InChI=1S/C36H56O8/c1-20(18-37)9-8-10-21(2)22-15-16-34(5)26-13-11-23-24(36(26,7)27(39)17-35(22,34)6)12-14-28(33(23,3)4)44-32-31(42)30(41)29(40)25(19-38)43-32/h9,11,18,21-22,24-26,28-32,38,40-42H,8,10,12-17,19H2,1-7H3/b20-9+/t21-,22-,24-,25-,26+,28+,29-,30+,31-,32+,34+,35-,36+/m1/s1. The van der Waals surface area contributed by atoms with Gasteiger partial charge in [-0.15, -0.1) is 0 Å². The number of allylic oxidation sites excluding steroid dienone is 3. The van der Waals surface area contributed by atoms with E-state index < -0.39 is 48.1 Å². The molecule has 8 nitrogen and oxygen atoms in total. The van der Waals surface area contributed by atoms with E-state index in [0.717, 1.165) is 50.4 Å². The van der Waals surface area contributed by atoms with E-state index in [4.69, 9.17) is 9.47 Å². The molecule has 8 heteroatoms. The average molecular weight is 617 g/mol. The minimum atomic E-state index is -1.48. The Kier molecular flexibility index (Phi) is 9.24. The summed E-state index contributed by atoms with van der Waals surface area (Å²) >= 11 is 0. The molecule has 4 fully saturated rings. The van der Waals surface area contributed by atoms with Gasteiger partial charge in [0, 0.05) is 17.3 Å². The molecule has 0 aromatic carbocycles. The molecule has 3 saturated carbocycles. The zero-order valence-corrected chi connectivity index (χ0v) is 27.8. The third kappa shape index (κ3) is 5.02. The molecular formula is C36H56O8. The van der Waals surface area contributed by atoms with Crippen LogP contribution in [0.5, 0.6) is 0 Å². The number of ether oxygens (including phenoxy) is 2. The maximum Gasteiger partial charge on any atom is 0.187 e. The summed E-state index contributed by atoms with van der Waals surface area (Å²) in [6.07, 6.45) is 5.52. The first-order valence-corrected chi connectivity index (χ1v) is 16.9. The topological polar surface area (TPSA) is 134 Å². The number of aldehydes is 1. The minimum absolute atomic E-state index is 0.0407. The fraction of sp³-hybridized carbons (Fsp3) is 0.833. The Hall–Kier alpha value is -1.42. The van der Waals surface area contributed by atoms with Crippen LogP contribution in [0.1, 0.15) is 99.8 Å². The van der Waals surface area contributed by atoms with E-state index in [1.165, 1.54) is 5.57 Å². The Bertz CT molecular complexity index is 1170. The summed E-state index contributed by atoms with van der Waals surface area (Å²) in [7, 11) is 0. The molecule has 5 rings (SSSR count). The maximum atomic E-state index is 14.6. The first-order valence-electron chi connectivity index (χ1n) is 16.9. The SMILES string of the molecule is C/C(C=O)=C\CC[C@@H](C)[C@H]1CC[C@@]2(C)[C@@H]3CC=C4[C@@H](CC[C@H](O[C@@H]5O[C@H](CO)[C@@H](O)[C@H](O)[C@H]5O)C4(C)C)[C@]3(C)C(=O)C[C@]12C. The van der Waals surface area contributed by atoms with Crippen molar-refractivity contribution >= 4 is 12.1 Å². The van der Waals surface area contributed by atoms with Crippen molar-refractivity contribution < 1.29 is 39.5 Å². The van der Waals surface area contributed by atoms with Crippen LogP contribution in [0.2, 0.25) is 0 Å². The second-order valence-corrected chi connectivity index (χ2v) is 16.1. The van der Waals surface area contributed by atoms with Crippen LogP contribution >= 0.6 is 0 Å². The number of aliphatic hydroxyl groups excluding tert-OH is 4. The van der Waals surface area contributed by atoms with Gasteiger partial charge in [0.05, 0.1) is 12.7 Å². The summed E-state index contributed by atoms with van der Waals surface area (Å²) in [5.41, 5.74) is 1.08. The number of carbonyl (C=O) groups is 2. The minimum Gasteiger partial charge on any atom is -0.394 e. The van der Waals surface area contributed by atoms with Crippen molar-refractivity contribution in [2.45, 2.75) is 137 Å². The zero-order valence-electron chi connectivity index (χ0n) is 27.8.